The van der Waals surface area contributed by atoms with Crippen LogP contribution in [0.25, 0.3) is 0 Å². The average molecular weight is 339 g/mol. The Kier molecular flexibility index (Phi) is 7.02. The van der Waals surface area contributed by atoms with E-state index in [0.29, 0.717) is 6.61 Å². The molecule has 5 nitrogen and oxygen atoms in total. The molecule has 0 fully saturated rings. The lowest BCUT2D eigenvalue weighted by Gasteiger charge is -2.21. The molecule has 1 aromatic rings. The van der Waals surface area contributed by atoms with E-state index in [-0.39, 0.29) is 36.8 Å². The van der Waals surface area contributed by atoms with Gasteiger partial charge in [0.05, 0.1) is 6.61 Å². The lowest BCUT2D eigenvalue weighted by molar-refractivity contribution is 0.135. The molecule has 120 valence electrons. The van der Waals surface area contributed by atoms with Gasteiger partial charge in [0.2, 0.25) is 10.0 Å². The Morgan fingerprint density at radius 1 is 1.38 bits per heavy atom. The molecule has 0 amide bonds. The van der Waals surface area contributed by atoms with Crippen LogP contribution < -0.4 is 5.73 Å². The molecule has 0 aliphatic heterocycles. The van der Waals surface area contributed by atoms with Gasteiger partial charge in [-0.05, 0) is 19.1 Å². The summed E-state index contributed by atoms with van der Waals surface area (Å²) in [5.74, 6) is -0.850. The summed E-state index contributed by atoms with van der Waals surface area (Å²) in [6.45, 7) is 4.45. The number of benzene rings is 1. The van der Waals surface area contributed by atoms with Gasteiger partial charge in [-0.15, -0.1) is 0 Å². The molecule has 0 aliphatic carbocycles. The molecular weight excluding hydrogens is 319 g/mol. The number of sulfonamides is 1. The molecule has 0 saturated carbocycles. The van der Waals surface area contributed by atoms with Crippen LogP contribution in [0.5, 0.6) is 0 Å². The number of nitrogens with two attached hydrogens (primary N) is 1. The van der Waals surface area contributed by atoms with E-state index in [4.69, 9.17) is 22.1 Å². The molecule has 21 heavy (non-hydrogen) atoms. The van der Waals surface area contributed by atoms with Crippen molar-refractivity contribution in [2.24, 2.45) is 5.73 Å². The van der Waals surface area contributed by atoms with Gasteiger partial charge in [0.25, 0.3) is 0 Å². The molecule has 0 aromatic heterocycles. The van der Waals surface area contributed by atoms with Crippen molar-refractivity contribution in [1.29, 1.82) is 0 Å². The molecular formula is C13H20ClFN2O3S. The van der Waals surface area contributed by atoms with E-state index >= 15 is 0 Å². The Balaban J connectivity index is 3.19. The number of halogens is 2. The van der Waals surface area contributed by atoms with Gasteiger partial charge in [-0.3, -0.25) is 0 Å². The van der Waals surface area contributed by atoms with Crippen LogP contribution in [0.15, 0.2) is 17.0 Å². The molecule has 0 unspecified atom stereocenters. The molecule has 0 saturated heterocycles. The second-order valence-electron chi connectivity index (χ2n) is 4.27. The predicted molar refractivity (Wildman–Crippen MR) is 80.2 cm³/mol. The van der Waals surface area contributed by atoms with Gasteiger partial charge in [-0.1, -0.05) is 18.5 Å². The smallest absolute Gasteiger partial charge is 0.246 e. The SMILES string of the molecule is CCOCCN(CC)S(=O)(=O)c1cc(Cl)cc(CN)c1F. The van der Waals surface area contributed by atoms with Crippen molar-refractivity contribution >= 4 is 21.6 Å². The fourth-order valence-electron chi connectivity index (χ4n) is 1.85. The Morgan fingerprint density at radius 2 is 2.05 bits per heavy atom. The van der Waals surface area contributed by atoms with Crippen molar-refractivity contribution in [3.05, 3.63) is 28.5 Å². The van der Waals surface area contributed by atoms with Crippen LogP contribution in [0, 0.1) is 5.82 Å². The number of hydrogen-bond donors (Lipinski definition) is 1. The summed E-state index contributed by atoms with van der Waals surface area (Å²) in [5, 5.41) is 0.135. The van der Waals surface area contributed by atoms with Crippen LogP contribution in [-0.2, 0) is 21.3 Å². The molecule has 0 aliphatic rings. The molecule has 0 spiro atoms. The summed E-state index contributed by atoms with van der Waals surface area (Å²) in [7, 11) is -3.98. The quantitative estimate of drug-likeness (QED) is 0.736. The third-order valence-corrected chi connectivity index (χ3v) is 5.15. The highest BCUT2D eigenvalue weighted by Gasteiger charge is 2.28. The van der Waals surface area contributed by atoms with Crippen LogP contribution in [0.1, 0.15) is 19.4 Å². The fraction of sp³-hybridized carbons (Fsp3) is 0.538. The van der Waals surface area contributed by atoms with Gasteiger partial charge in [0.1, 0.15) is 10.7 Å². The number of hydrogen-bond acceptors (Lipinski definition) is 4. The van der Waals surface area contributed by atoms with Gasteiger partial charge in [-0.2, -0.15) is 4.31 Å². The number of rotatable bonds is 8. The molecule has 0 heterocycles. The number of nitrogens with zero attached hydrogens (tertiary/aromatic N) is 1. The first kappa shape index (κ1) is 18.3. The monoisotopic (exact) mass is 338 g/mol. The molecule has 0 bridgehead atoms. The summed E-state index contributed by atoms with van der Waals surface area (Å²) in [6.07, 6.45) is 0. The third kappa shape index (κ3) is 4.37. The van der Waals surface area contributed by atoms with E-state index < -0.39 is 20.7 Å². The van der Waals surface area contributed by atoms with Crippen molar-refractivity contribution in [3.63, 3.8) is 0 Å². The average Bonchev–Trinajstić information content (AvgIpc) is 2.45. The Bertz CT molecular complexity index is 581. The third-order valence-electron chi connectivity index (χ3n) is 2.96. The highest BCUT2D eigenvalue weighted by molar-refractivity contribution is 7.89. The minimum Gasteiger partial charge on any atom is -0.380 e. The van der Waals surface area contributed by atoms with E-state index in [1.165, 1.54) is 6.07 Å². The van der Waals surface area contributed by atoms with E-state index in [2.05, 4.69) is 0 Å². The van der Waals surface area contributed by atoms with E-state index in [0.717, 1.165) is 10.4 Å². The summed E-state index contributed by atoms with van der Waals surface area (Å²) in [6, 6.07) is 2.43. The Morgan fingerprint density at radius 3 is 2.57 bits per heavy atom. The highest BCUT2D eigenvalue weighted by Crippen LogP contribution is 2.26. The minimum absolute atomic E-state index is 0.0712. The van der Waals surface area contributed by atoms with Crippen LogP contribution >= 0.6 is 11.6 Å². The number of likely N-dealkylation sites (N-methyl/N-ethyl adjacent to an activating group) is 1. The zero-order chi connectivity index (χ0) is 16.0. The Labute approximate surface area is 129 Å². The van der Waals surface area contributed by atoms with E-state index in [9.17, 15) is 12.8 Å². The van der Waals surface area contributed by atoms with Crippen molar-refractivity contribution in [1.82, 2.24) is 4.31 Å². The topological polar surface area (TPSA) is 72.6 Å². The largest absolute Gasteiger partial charge is 0.380 e. The molecule has 1 aromatic carbocycles. The minimum atomic E-state index is -3.98. The van der Waals surface area contributed by atoms with Crippen LogP contribution in [0.4, 0.5) is 4.39 Å². The summed E-state index contributed by atoms with van der Waals surface area (Å²) >= 11 is 5.85. The second-order valence-corrected chi connectivity index (χ2v) is 6.62. The Hall–Kier alpha value is -0.730. The molecule has 0 atom stereocenters. The first-order chi connectivity index (χ1) is 9.88. The molecule has 1 rings (SSSR count). The van der Waals surface area contributed by atoms with Crippen molar-refractivity contribution < 1.29 is 17.5 Å². The first-order valence-electron chi connectivity index (χ1n) is 6.64. The summed E-state index contributed by atoms with van der Waals surface area (Å²) < 4.78 is 45.6. The number of ether oxygens (including phenoxy) is 1. The molecule has 2 N–H and O–H groups in total. The first-order valence-corrected chi connectivity index (χ1v) is 8.46. The predicted octanol–water partition coefficient (Wildman–Crippen LogP) is 1.98. The maximum absolute atomic E-state index is 14.3. The fourth-order valence-corrected chi connectivity index (χ4v) is 3.72. The maximum Gasteiger partial charge on any atom is 0.246 e. The molecule has 0 radical (unpaired) electrons. The van der Waals surface area contributed by atoms with E-state index in [1.54, 1.807) is 6.92 Å². The van der Waals surface area contributed by atoms with Crippen LogP contribution in [0.3, 0.4) is 0 Å². The van der Waals surface area contributed by atoms with Gasteiger partial charge >= 0.3 is 0 Å². The molecule has 8 heteroatoms. The van der Waals surface area contributed by atoms with E-state index in [1.807, 2.05) is 6.92 Å². The van der Waals surface area contributed by atoms with Crippen molar-refractivity contribution in [3.8, 4) is 0 Å². The van der Waals surface area contributed by atoms with Gasteiger partial charge in [0, 0.05) is 36.8 Å². The zero-order valence-corrected chi connectivity index (χ0v) is 13.7. The van der Waals surface area contributed by atoms with Crippen molar-refractivity contribution in [2.45, 2.75) is 25.3 Å². The standard InChI is InChI=1S/C13H20ClFN2O3S/c1-3-17(5-6-20-4-2)21(18,19)12-8-11(14)7-10(9-16)13(12)15/h7-8H,3-6,9,16H2,1-2H3. The van der Waals surface area contributed by atoms with Gasteiger partial charge in [-0.25, -0.2) is 12.8 Å². The normalized spacial score (nSPS) is 12.1. The van der Waals surface area contributed by atoms with Crippen LogP contribution in [0.2, 0.25) is 5.02 Å². The van der Waals surface area contributed by atoms with Crippen LogP contribution in [-0.4, -0.2) is 39.0 Å². The highest BCUT2D eigenvalue weighted by atomic mass is 35.5. The lowest BCUT2D eigenvalue weighted by Crippen LogP contribution is -2.34. The van der Waals surface area contributed by atoms with Gasteiger partial charge in [0.15, 0.2) is 0 Å². The second kappa shape index (κ2) is 8.05. The lowest BCUT2D eigenvalue weighted by atomic mass is 10.2. The summed E-state index contributed by atoms with van der Waals surface area (Å²) in [4.78, 5) is -0.450. The van der Waals surface area contributed by atoms with Crippen molar-refractivity contribution in [2.75, 3.05) is 26.3 Å². The maximum atomic E-state index is 14.3. The van der Waals surface area contributed by atoms with Gasteiger partial charge < -0.3 is 10.5 Å². The summed E-state index contributed by atoms with van der Waals surface area (Å²) in [5.41, 5.74) is 5.48. The zero-order valence-electron chi connectivity index (χ0n) is 12.1.